The summed E-state index contributed by atoms with van der Waals surface area (Å²) >= 11 is 0. The summed E-state index contributed by atoms with van der Waals surface area (Å²) < 4.78 is 7.23. The number of nitrogens with two attached hydrogens (primary N) is 1. The minimum atomic E-state index is -1.26. The van der Waals surface area contributed by atoms with Gasteiger partial charge >= 0.3 is 18.0 Å². The molecule has 3 aromatic heterocycles. The van der Waals surface area contributed by atoms with Crippen LogP contribution in [0.5, 0.6) is 0 Å². The van der Waals surface area contributed by atoms with E-state index in [0.717, 1.165) is 12.8 Å². The fraction of sp³-hybridized carbons (Fsp3) is 0.200. The van der Waals surface area contributed by atoms with E-state index in [1.165, 1.54) is 12.4 Å². The van der Waals surface area contributed by atoms with Gasteiger partial charge in [-0.1, -0.05) is 18.7 Å². The van der Waals surface area contributed by atoms with Gasteiger partial charge < -0.3 is 25.3 Å². The molecule has 1 atom stereocenters. The summed E-state index contributed by atoms with van der Waals surface area (Å²) in [6.07, 6.45) is 5.30. The summed E-state index contributed by atoms with van der Waals surface area (Å²) in [6, 6.07) is 7.06. The summed E-state index contributed by atoms with van der Waals surface area (Å²) in [7, 11) is 0. The predicted octanol–water partition coefficient (Wildman–Crippen LogP) is 1.86. The summed E-state index contributed by atoms with van der Waals surface area (Å²) in [6.45, 7) is 4.63. The van der Waals surface area contributed by atoms with E-state index >= 15 is 0 Å². The van der Waals surface area contributed by atoms with Gasteiger partial charge in [-0.05, 0) is 31.1 Å². The molecule has 206 valence electrons. The molecule has 1 fully saturated rings. The highest BCUT2D eigenvalue weighted by Gasteiger charge is 2.29. The number of carboxylic acid groups (broad SMARTS) is 2. The number of oxazole rings is 1. The largest absolute Gasteiger partial charge is 0.478 e. The molecule has 2 amide bonds. The van der Waals surface area contributed by atoms with Crippen molar-refractivity contribution in [3.8, 4) is 0 Å². The van der Waals surface area contributed by atoms with Gasteiger partial charge in [0.1, 0.15) is 17.7 Å². The number of carbonyl (C=O) groups excluding carboxylic acids is 2. The topological polar surface area (TPSA) is 220 Å². The van der Waals surface area contributed by atoms with Crippen LogP contribution in [0.3, 0.4) is 0 Å². The number of amides is 2. The van der Waals surface area contributed by atoms with Crippen LogP contribution in [0.15, 0.2) is 59.8 Å². The molecule has 5 N–H and O–H groups in total. The van der Waals surface area contributed by atoms with Crippen LogP contribution < -0.4 is 11.1 Å². The predicted molar refractivity (Wildman–Crippen MR) is 141 cm³/mol. The second-order valence-corrected chi connectivity index (χ2v) is 8.49. The Morgan fingerprint density at radius 3 is 2.52 bits per heavy atom. The third kappa shape index (κ3) is 6.09. The van der Waals surface area contributed by atoms with Gasteiger partial charge in [0.05, 0.1) is 11.4 Å². The number of anilines is 2. The van der Waals surface area contributed by atoms with Crippen molar-refractivity contribution in [2.24, 2.45) is 0 Å². The molecule has 0 unspecified atom stereocenters. The molecule has 0 aliphatic carbocycles. The van der Waals surface area contributed by atoms with E-state index in [1.54, 1.807) is 21.7 Å². The zero-order valence-electron chi connectivity index (χ0n) is 20.9. The number of para-hydroxylation sites is 2. The van der Waals surface area contributed by atoms with Crippen molar-refractivity contribution >= 4 is 57.7 Å². The zero-order valence-corrected chi connectivity index (χ0v) is 20.9. The Balaban J connectivity index is 0.000000406. The number of aromatic nitrogens is 5. The lowest BCUT2D eigenvalue weighted by molar-refractivity contribution is -0.134. The quantitative estimate of drug-likeness (QED) is 0.254. The first-order valence-corrected chi connectivity index (χ1v) is 11.9. The van der Waals surface area contributed by atoms with Crippen molar-refractivity contribution in [2.45, 2.75) is 18.9 Å². The van der Waals surface area contributed by atoms with Gasteiger partial charge in [-0.25, -0.2) is 24.2 Å². The lowest BCUT2D eigenvalue weighted by Crippen LogP contribution is -2.40. The van der Waals surface area contributed by atoms with Gasteiger partial charge in [0.15, 0.2) is 16.9 Å². The van der Waals surface area contributed by atoms with Crippen LogP contribution in [-0.2, 0) is 14.4 Å². The third-order valence-electron chi connectivity index (χ3n) is 5.84. The zero-order chi connectivity index (χ0) is 28.8. The van der Waals surface area contributed by atoms with Crippen LogP contribution in [0.4, 0.5) is 11.8 Å². The lowest BCUT2D eigenvalue weighted by atomic mass is 10.1. The summed E-state index contributed by atoms with van der Waals surface area (Å²) in [5.74, 6) is -3.07. The standard InChI is InChI=1S/C21H20N8O3.C4H4O4/c1-2-15(30)28-9-5-6-12(10-28)29-19-16(18(22)23-11-24-19)17(27-29)20(31)26-21-25-13-7-3-4-8-14(13)32-21;5-3(6)1-2-4(7)8/h2-4,7-8,11-12H,1,5-6,9-10H2,(H2,22,23,24)(H,25,26,31);1-2H,(H,5,6)(H,7,8)/b;2-1+/t12-;/m1./s1. The van der Waals surface area contributed by atoms with Crippen molar-refractivity contribution in [1.29, 1.82) is 0 Å². The molecule has 1 aliphatic heterocycles. The molecule has 0 radical (unpaired) electrons. The van der Waals surface area contributed by atoms with Crippen LogP contribution >= 0.6 is 0 Å². The fourth-order valence-electron chi connectivity index (χ4n) is 4.12. The van der Waals surface area contributed by atoms with Crippen molar-refractivity contribution in [2.75, 3.05) is 24.1 Å². The number of nitrogen functional groups attached to an aromatic ring is 1. The van der Waals surface area contributed by atoms with Gasteiger partial charge in [-0.2, -0.15) is 10.1 Å². The summed E-state index contributed by atoms with van der Waals surface area (Å²) in [5, 5.41) is 23.1. The molecule has 0 bridgehead atoms. The number of nitrogens with one attached hydrogen (secondary N) is 1. The van der Waals surface area contributed by atoms with Gasteiger partial charge in [0, 0.05) is 25.2 Å². The van der Waals surface area contributed by atoms with E-state index < -0.39 is 17.8 Å². The second-order valence-electron chi connectivity index (χ2n) is 8.49. The molecular weight excluding hydrogens is 524 g/mol. The number of carboxylic acids is 2. The maximum atomic E-state index is 13.1. The number of carbonyl (C=O) groups is 4. The number of hydrogen-bond acceptors (Lipinski definition) is 10. The van der Waals surface area contributed by atoms with Crippen LogP contribution in [-0.4, -0.2) is 76.7 Å². The van der Waals surface area contributed by atoms with E-state index in [9.17, 15) is 19.2 Å². The maximum absolute atomic E-state index is 13.1. The average Bonchev–Trinajstić information content (AvgIpc) is 3.54. The van der Waals surface area contributed by atoms with Crippen LogP contribution in [0.25, 0.3) is 22.1 Å². The molecule has 40 heavy (non-hydrogen) atoms. The highest BCUT2D eigenvalue weighted by molar-refractivity contribution is 6.12. The van der Waals surface area contributed by atoms with E-state index in [-0.39, 0.29) is 29.5 Å². The molecule has 4 aromatic rings. The van der Waals surface area contributed by atoms with Gasteiger partial charge in [0.2, 0.25) is 5.91 Å². The molecule has 1 saturated heterocycles. The Kier molecular flexibility index (Phi) is 8.13. The third-order valence-corrected chi connectivity index (χ3v) is 5.84. The molecule has 1 aliphatic rings. The molecular formula is C25H24N8O7. The first-order chi connectivity index (χ1) is 19.2. The number of hydrogen-bond donors (Lipinski definition) is 4. The van der Waals surface area contributed by atoms with Crippen LogP contribution in [0, 0.1) is 0 Å². The normalized spacial score (nSPS) is 15.0. The fourth-order valence-corrected chi connectivity index (χ4v) is 4.12. The van der Waals surface area contributed by atoms with Crippen molar-refractivity contribution < 1.29 is 33.8 Å². The SMILES string of the molecule is C=CC(=O)N1CCC[C@@H](n2nc(C(=O)Nc3nc4ccccc4o3)c3c(N)ncnc32)C1.O=C(O)/C=C/C(=O)O. The molecule has 0 saturated carbocycles. The van der Waals surface area contributed by atoms with E-state index in [1.807, 2.05) is 12.1 Å². The number of piperidine rings is 1. The molecule has 0 spiro atoms. The second kappa shape index (κ2) is 11.8. The monoisotopic (exact) mass is 548 g/mol. The molecule has 15 nitrogen and oxygen atoms in total. The maximum Gasteiger partial charge on any atom is 0.328 e. The minimum absolute atomic E-state index is 0.0507. The van der Waals surface area contributed by atoms with Crippen molar-refractivity contribution in [1.82, 2.24) is 29.6 Å². The number of nitrogens with zero attached hydrogens (tertiary/aromatic N) is 6. The highest BCUT2D eigenvalue weighted by Crippen LogP contribution is 2.29. The van der Waals surface area contributed by atoms with Gasteiger partial charge in [0.25, 0.3) is 5.91 Å². The number of fused-ring (bicyclic) bond motifs is 2. The Bertz CT molecular complexity index is 1590. The average molecular weight is 549 g/mol. The minimum Gasteiger partial charge on any atom is -0.478 e. The summed E-state index contributed by atoms with van der Waals surface area (Å²) in [4.78, 5) is 58.6. The molecule has 1 aromatic carbocycles. The highest BCUT2D eigenvalue weighted by atomic mass is 16.4. The van der Waals surface area contributed by atoms with Crippen molar-refractivity contribution in [3.63, 3.8) is 0 Å². The molecule has 5 rings (SSSR count). The van der Waals surface area contributed by atoms with Gasteiger partial charge in [-0.3, -0.25) is 14.9 Å². The van der Waals surface area contributed by atoms with E-state index in [4.69, 9.17) is 20.4 Å². The Morgan fingerprint density at radius 2 is 1.85 bits per heavy atom. The first kappa shape index (κ1) is 27.4. The Morgan fingerprint density at radius 1 is 1.12 bits per heavy atom. The van der Waals surface area contributed by atoms with Gasteiger partial charge in [-0.15, -0.1) is 0 Å². The van der Waals surface area contributed by atoms with Crippen LogP contribution in [0.2, 0.25) is 0 Å². The van der Waals surface area contributed by atoms with E-state index in [0.29, 0.717) is 47.4 Å². The summed E-state index contributed by atoms with van der Waals surface area (Å²) in [5.41, 5.74) is 7.75. The first-order valence-electron chi connectivity index (χ1n) is 11.9. The number of rotatable bonds is 6. The number of likely N-dealkylation sites (tertiary alicyclic amines) is 1. The number of benzene rings is 1. The van der Waals surface area contributed by atoms with Crippen LogP contribution in [0.1, 0.15) is 29.4 Å². The smallest absolute Gasteiger partial charge is 0.328 e. The Hall–Kier alpha value is -5.60. The number of aliphatic carboxylic acids is 2. The van der Waals surface area contributed by atoms with E-state index in [2.05, 4.69) is 31.9 Å². The Labute approximate surface area is 225 Å². The molecule has 4 heterocycles. The molecule has 15 heteroatoms. The lowest BCUT2D eigenvalue weighted by Gasteiger charge is -2.32. The van der Waals surface area contributed by atoms with Crippen molar-refractivity contribution in [3.05, 3.63) is 61.1 Å².